The van der Waals surface area contributed by atoms with Gasteiger partial charge in [-0.25, -0.2) is 9.37 Å². The van der Waals surface area contributed by atoms with Crippen molar-refractivity contribution in [1.29, 1.82) is 0 Å². The molecule has 0 atom stereocenters. The number of H-pyrrole nitrogens is 1. The maximum absolute atomic E-state index is 13.1. The highest BCUT2D eigenvalue weighted by molar-refractivity contribution is 7.99. The lowest BCUT2D eigenvalue weighted by Gasteiger charge is -2.09. The number of anilines is 1. The number of aromatic nitrogens is 3. The number of rotatable bonds is 5. The van der Waals surface area contributed by atoms with Crippen molar-refractivity contribution in [3.63, 3.8) is 0 Å². The quantitative estimate of drug-likeness (QED) is 0.353. The minimum atomic E-state index is -0.486. The number of thioether (sulfide) groups is 1. The highest BCUT2D eigenvalue weighted by Gasteiger charge is 2.16. The van der Waals surface area contributed by atoms with Crippen LogP contribution in [-0.4, -0.2) is 26.2 Å². The van der Waals surface area contributed by atoms with Crippen LogP contribution in [0.25, 0.3) is 22.2 Å². The third kappa shape index (κ3) is 3.96. The molecule has 4 rings (SSSR count). The van der Waals surface area contributed by atoms with Gasteiger partial charge >= 0.3 is 0 Å². The summed E-state index contributed by atoms with van der Waals surface area (Å²) in [5.41, 5.74) is 2.79. The zero-order chi connectivity index (χ0) is 21.3. The van der Waals surface area contributed by atoms with Crippen LogP contribution in [0.15, 0.2) is 64.7 Å². The maximum Gasteiger partial charge on any atom is 0.278 e. The van der Waals surface area contributed by atoms with E-state index in [1.165, 1.54) is 16.7 Å². The molecular formula is C21H16ClFN4O2S. The van der Waals surface area contributed by atoms with Crippen molar-refractivity contribution in [2.75, 3.05) is 11.1 Å². The standard InChI is InChI=1S/C21H16ClFN4O2S/c1-27-20(29)19-18(14(10-24-19)12-5-3-2-4-6-12)26-21(27)30-11-17(28)25-16-8-7-13(23)9-15(16)22/h2-10,24H,11H2,1H3,(H,25,28). The van der Waals surface area contributed by atoms with Crippen LogP contribution in [0.5, 0.6) is 0 Å². The van der Waals surface area contributed by atoms with Gasteiger partial charge in [-0.3, -0.25) is 14.2 Å². The normalized spacial score (nSPS) is 11.0. The van der Waals surface area contributed by atoms with Crippen molar-refractivity contribution in [2.24, 2.45) is 7.05 Å². The second-order valence-corrected chi connectivity index (χ2v) is 7.86. The Morgan fingerprint density at radius 2 is 2.03 bits per heavy atom. The van der Waals surface area contributed by atoms with Crippen LogP contribution in [0.1, 0.15) is 0 Å². The fourth-order valence-corrected chi connectivity index (χ4v) is 3.97. The van der Waals surface area contributed by atoms with Crippen LogP contribution in [0.3, 0.4) is 0 Å². The first-order valence-corrected chi connectivity index (χ1v) is 10.3. The fourth-order valence-electron chi connectivity index (χ4n) is 2.99. The second kappa shape index (κ2) is 8.33. The Morgan fingerprint density at radius 1 is 1.27 bits per heavy atom. The molecule has 0 spiro atoms. The van der Waals surface area contributed by atoms with E-state index in [0.29, 0.717) is 21.9 Å². The van der Waals surface area contributed by atoms with Crippen LogP contribution in [0, 0.1) is 5.82 Å². The van der Waals surface area contributed by atoms with E-state index in [9.17, 15) is 14.0 Å². The third-order valence-electron chi connectivity index (χ3n) is 4.49. The Labute approximate surface area is 180 Å². The van der Waals surface area contributed by atoms with Gasteiger partial charge in [-0.1, -0.05) is 53.7 Å². The van der Waals surface area contributed by atoms with Crippen molar-refractivity contribution >= 4 is 46.0 Å². The average molecular weight is 443 g/mol. The van der Waals surface area contributed by atoms with E-state index in [0.717, 1.165) is 29.0 Å². The first kappa shape index (κ1) is 20.2. The molecule has 152 valence electrons. The third-order valence-corrected chi connectivity index (χ3v) is 5.83. The summed E-state index contributed by atoms with van der Waals surface area (Å²) < 4.78 is 14.5. The number of benzene rings is 2. The predicted molar refractivity (Wildman–Crippen MR) is 118 cm³/mol. The lowest BCUT2D eigenvalue weighted by atomic mass is 10.1. The van der Waals surface area contributed by atoms with E-state index in [4.69, 9.17) is 11.6 Å². The van der Waals surface area contributed by atoms with Crippen LogP contribution >= 0.6 is 23.4 Å². The molecule has 9 heteroatoms. The molecule has 0 aliphatic carbocycles. The summed E-state index contributed by atoms with van der Waals surface area (Å²) in [7, 11) is 1.61. The van der Waals surface area contributed by atoms with E-state index < -0.39 is 5.82 Å². The Kier molecular flexibility index (Phi) is 5.61. The molecule has 0 aliphatic rings. The fraction of sp³-hybridized carbons (Fsp3) is 0.0952. The van der Waals surface area contributed by atoms with Crippen LogP contribution < -0.4 is 10.9 Å². The summed E-state index contributed by atoms with van der Waals surface area (Å²) in [6.07, 6.45) is 1.76. The van der Waals surface area contributed by atoms with Gasteiger partial charge < -0.3 is 10.3 Å². The molecule has 0 radical (unpaired) electrons. The van der Waals surface area contributed by atoms with Crippen LogP contribution in [-0.2, 0) is 11.8 Å². The molecule has 6 nitrogen and oxygen atoms in total. The minimum absolute atomic E-state index is 0.00455. The van der Waals surface area contributed by atoms with Crippen LogP contribution in [0.4, 0.5) is 10.1 Å². The average Bonchev–Trinajstić information content (AvgIpc) is 3.16. The monoisotopic (exact) mass is 442 g/mol. The van der Waals surface area contributed by atoms with Gasteiger partial charge in [-0.05, 0) is 23.8 Å². The summed E-state index contributed by atoms with van der Waals surface area (Å²) in [6, 6.07) is 13.4. The summed E-state index contributed by atoms with van der Waals surface area (Å²) in [5.74, 6) is -0.828. The van der Waals surface area contributed by atoms with Crippen LogP contribution in [0.2, 0.25) is 5.02 Å². The number of hydrogen-bond acceptors (Lipinski definition) is 4. The molecule has 0 aliphatic heterocycles. The number of nitrogens with zero attached hydrogens (tertiary/aromatic N) is 2. The smallest absolute Gasteiger partial charge is 0.278 e. The van der Waals surface area contributed by atoms with E-state index in [1.807, 2.05) is 30.3 Å². The predicted octanol–water partition coefficient (Wildman–Crippen LogP) is 4.45. The molecule has 2 aromatic heterocycles. The number of hydrogen-bond donors (Lipinski definition) is 2. The lowest BCUT2D eigenvalue weighted by molar-refractivity contribution is -0.113. The number of aromatic amines is 1. The zero-order valence-electron chi connectivity index (χ0n) is 15.8. The summed E-state index contributed by atoms with van der Waals surface area (Å²) in [4.78, 5) is 32.7. The highest BCUT2D eigenvalue weighted by Crippen LogP contribution is 2.28. The van der Waals surface area contributed by atoms with E-state index in [2.05, 4.69) is 15.3 Å². The van der Waals surface area contributed by atoms with Gasteiger partial charge in [0.05, 0.1) is 16.5 Å². The highest BCUT2D eigenvalue weighted by atomic mass is 35.5. The van der Waals surface area contributed by atoms with Gasteiger partial charge in [0.15, 0.2) is 5.16 Å². The van der Waals surface area contributed by atoms with Gasteiger partial charge in [0, 0.05) is 18.8 Å². The molecule has 0 bridgehead atoms. The lowest BCUT2D eigenvalue weighted by Crippen LogP contribution is -2.21. The molecule has 0 unspecified atom stereocenters. The molecule has 0 saturated heterocycles. The number of carbonyl (C=O) groups excluding carboxylic acids is 1. The molecule has 2 N–H and O–H groups in total. The van der Waals surface area contributed by atoms with Gasteiger partial charge in [0.2, 0.25) is 5.91 Å². The Balaban J connectivity index is 1.59. The summed E-state index contributed by atoms with van der Waals surface area (Å²) >= 11 is 7.07. The van der Waals surface area contributed by atoms with Crippen molar-refractivity contribution in [2.45, 2.75) is 5.16 Å². The molecule has 2 aromatic carbocycles. The topological polar surface area (TPSA) is 79.8 Å². The van der Waals surface area contributed by atoms with Gasteiger partial charge in [-0.2, -0.15) is 0 Å². The summed E-state index contributed by atoms with van der Waals surface area (Å²) in [5, 5.41) is 3.15. The largest absolute Gasteiger partial charge is 0.355 e. The number of halogens is 2. The van der Waals surface area contributed by atoms with Gasteiger partial charge in [0.1, 0.15) is 16.9 Å². The molecule has 1 amide bonds. The van der Waals surface area contributed by atoms with E-state index >= 15 is 0 Å². The molecule has 30 heavy (non-hydrogen) atoms. The Hall–Kier alpha value is -3.10. The number of amides is 1. The zero-order valence-corrected chi connectivity index (χ0v) is 17.4. The number of nitrogens with one attached hydrogen (secondary N) is 2. The van der Waals surface area contributed by atoms with Crippen molar-refractivity contribution < 1.29 is 9.18 Å². The molecule has 0 saturated carbocycles. The van der Waals surface area contributed by atoms with Gasteiger partial charge in [-0.15, -0.1) is 0 Å². The molecular weight excluding hydrogens is 427 g/mol. The number of carbonyl (C=O) groups is 1. The molecule has 2 heterocycles. The first-order valence-electron chi connectivity index (χ1n) is 8.95. The first-order chi connectivity index (χ1) is 14.4. The van der Waals surface area contributed by atoms with E-state index in [1.54, 1.807) is 13.2 Å². The van der Waals surface area contributed by atoms with E-state index in [-0.39, 0.29) is 22.2 Å². The number of fused-ring (bicyclic) bond motifs is 1. The van der Waals surface area contributed by atoms with Gasteiger partial charge in [0.25, 0.3) is 5.56 Å². The maximum atomic E-state index is 13.1. The van der Waals surface area contributed by atoms with Crippen molar-refractivity contribution in [3.8, 4) is 11.1 Å². The molecule has 4 aromatic rings. The van der Waals surface area contributed by atoms with Crippen molar-refractivity contribution in [3.05, 3.63) is 75.9 Å². The minimum Gasteiger partial charge on any atom is -0.355 e. The Bertz CT molecular complexity index is 1300. The Morgan fingerprint density at radius 3 is 2.77 bits per heavy atom. The SMILES string of the molecule is Cn1c(SCC(=O)Nc2ccc(F)cc2Cl)nc2c(-c3ccccc3)c[nH]c2c1=O. The second-order valence-electron chi connectivity index (χ2n) is 6.51. The molecule has 0 fully saturated rings. The summed E-state index contributed by atoms with van der Waals surface area (Å²) in [6.45, 7) is 0. The van der Waals surface area contributed by atoms with Crippen molar-refractivity contribution in [1.82, 2.24) is 14.5 Å².